The zero-order chi connectivity index (χ0) is 18.4. The Hall–Kier alpha value is -2.55. The Bertz CT molecular complexity index is 880. The van der Waals surface area contributed by atoms with Crippen LogP contribution in [0.1, 0.15) is 70.8 Å². The molecule has 0 saturated heterocycles. The van der Waals surface area contributed by atoms with E-state index in [4.69, 9.17) is 0 Å². The second kappa shape index (κ2) is 6.31. The first kappa shape index (κ1) is 16.9. The smallest absolute Gasteiger partial charge is 0.336 e. The van der Waals surface area contributed by atoms with Crippen LogP contribution in [0.25, 0.3) is 0 Å². The van der Waals surface area contributed by atoms with Crippen molar-refractivity contribution in [2.45, 2.75) is 45.1 Å². The second-order valence-electron chi connectivity index (χ2n) is 7.82. The van der Waals surface area contributed by atoms with Crippen molar-refractivity contribution in [1.82, 2.24) is 0 Å². The van der Waals surface area contributed by atoms with E-state index in [1.54, 1.807) is 6.07 Å². The Morgan fingerprint density at radius 3 is 2.54 bits per heavy atom. The maximum absolute atomic E-state index is 11.8. The van der Waals surface area contributed by atoms with Crippen molar-refractivity contribution in [3.8, 4) is 0 Å². The van der Waals surface area contributed by atoms with Crippen LogP contribution in [0.2, 0.25) is 0 Å². The highest BCUT2D eigenvalue weighted by Gasteiger charge is 2.40. The molecule has 0 aromatic heterocycles. The standard InChI is InChI=1S/C23H25NO2/c1-13(2)15-8-10-16(11-9-15)22-18-6-4-5-17(18)20-19(23(25)26)12-7-14(3)21(20)24-22/h4-5,7-13,17-18,22,24H,6H2,1-3H3,(H,25,26)/t17-,18+,22-/m1/s1. The van der Waals surface area contributed by atoms with Gasteiger partial charge in [0, 0.05) is 11.6 Å². The van der Waals surface area contributed by atoms with Crippen LogP contribution >= 0.6 is 0 Å². The van der Waals surface area contributed by atoms with Gasteiger partial charge in [-0.25, -0.2) is 4.79 Å². The van der Waals surface area contributed by atoms with Crippen molar-refractivity contribution in [3.05, 3.63) is 76.4 Å². The van der Waals surface area contributed by atoms with Crippen LogP contribution in [0.4, 0.5) is 5.69 Å². The fourth-order valence-corrected chi connectivity index (χ4v) is 4.46. The highest BCUT2D eigenvalue weighted by atomic mass is 16.4. The summed E-state index contributed by atoms with van der Waals surface area (Å²) in [6, 6.07) is 12.7. The molecule has 2 aromatic carbocycles. The van der Waals surface area contributed by atoms with Crippen LogP contribution in [-0.2, 0) is 0 Å². The fourth-order valence-electron chi connectivity index (χ4n) is 4.46. The van der Waals surface area contributed by atoms with Gasteiger partial charge in [-0.3, -0.25) is 0 Å². The third kappa shape index (κ3) is 2.63. The fraction of sp³-hybridized carbons (Fsp3) is 0.348. The highest BCUT2D eigenvalue weighted by Crippen LogP contribution is 2.51. The summed E-state index contributed by atoms with van der Waals surface area (Å²) in [5.74, 6) is 0.187. The summed E-state index contributed by atoms with van der Waals surface area (Å²) in [6.07, 6.45) is 5.38. The maximum Gasteiger partial charge on any atom is 0.336 e. The topological polar surface area (TPSA) is 49.3 Å². The molecule has 0 fully saturated rings. The molecule has 2 aromatic rings. The zero-order valence-corrected chi connectivity index (χ0v) is 15.5. The third-order valence-corrected chi connectivity index (χ3v) is 5.92. The van der Waals surface area contributed by atoms with E-state index in [2.05, 4.69) is 62.5 Å². The maximum atomic E-state index is 11.8. The monoisotopic (exact) mass is 347 g/mol. The number of nitrogens with one attached hydrogen (secondary N) is 1. The first-order chi connectivity index (χ1) is 12.5. The van der Waals surface area contributed by atoms with Gasteiger partial charge in [-0.15, -0.1) is 0 Å². The molecular formula is C23H25NO2. The first-order valence-corrected chi connectivity index (χ1v) is 9.37. The number of allylic oxidation sites excluding steroid dienone is 2. The van der Waals surface area contributed by atoms with E-state index in [-0.39, 0.29) is 12.0 Å². The summed E-state index contributed by atoms with van der Waals surface area (Å²) in [4.78, 5) is 11.8. The number of hydrogen-bond acceptors (Lipinski definition) is 2. The second-order valence-corrected chi connectivity index (χ2v) is 7.82. The van der Waals surface area contributed by atoms with Crippen LogP contribution in [0.3, 0.4) is 0 Å². The minimum Gasteiger partial charge on any atom is -0.478 e. The van der Waals surface area contributed by atoms with Crippen molar-refractivity contribution >= 4 is 11.7 Å². The summed E-state index contributed by atoms with van der Waals surface area (Å²) >= 11 is 0. The normalized spacial score (nSPS) is 23.5. The van der Waals surface area contributed by atoms with E-state index in [0.29, 0.717) is 17.4 Å². The van der Waals surface area contributed by atoms with Crippen LogP contribution in [0.15, 0.2) is 48.6 Å². The molecule has 0 radical (unpaired) electrons. The number of anilines is 1. The van der Waals surface area contributed by atoms with Crippen molar-refractivity contribution in [2.24, 2.45) is 5.92 Å². The Morgan fingerprint density at radius 1 is 1.15 bits per heavy atom. The zero-order valence-electron chi connectivity index (χ0n) is 15.5. The predicted octanol–water partition coefficient (Wildman–Crippen LogP) is 5.64. The van der Waals surface area contributed by atoms with Gasteiger partial charge in [0.1, 0.15) is 0 Å². The molecule has 0 saturated carbocycles. The predicted molar refractivity (Wildman–Crippen MR) is 105 cm³/mol. The summed E-state index contributed by atoms with van der Waals surface area (Å²) in [5, 5.41) is 13.4. The number of rotatable bonds is 3. The van der Waals surface area contributed by atoms with E-state index in [9.17, 15) is 9.90 Å². The van der Waals surface area contributed by atoms with Crippen molar-refractivity contribution in [2.75, 3.05) is 5.32 Å². The molecule has 3 atom stereocenters. The van der Waals surface area contributed by atoms with Gasteiger partial charge in [0.25, 0.3) is 0 Å². The Labute approximate surface area is 154 Å². The van der Waals surface area contributed by atoms with Gasteiger partial charge in [0.15, 0.2) is 0 Å². The number of carboxylic acid groups (broad SMARTS) is 1. The van der Waals surface area contributed by atoms with Crippen LogP contribution < -0.4 is 5.32 Å². The summed E-state index contributed by atoms with van der Waals surface area (Å²) < 4.78 is 0. The lowest BCUT2D eigenvalue weighted by molar-refractivity contribution is 0.0695. The molecule has 1 aliphatic carbocycles. The van der Waals surface area contributed by atoms with E-state index in [1.807, 2.05) is 6.07 Å². The molecule has 0 bridgehead atoms. The molecule has 134 valence electrons. The number of carboxylic acids is 1. The minimum atomic E-state index is -0.846. The molecule has 1 aliphatic heterocycles. The molecule has 3 nitrogen and oxygen atoms in total. The first-order valence-electron chi connectivity index (χ1n) is 9.37. The average Bonchev–Trinajstić information content (AvgIpc) is 3.11. The van der Waals surface area contributed by atoms with Gasteiger partial charge in [-0.05, 0) is 53.5 Å². The largest absolute Gasteiger partial charge is 0.478 e. The Kier molecular flexibility index (Phi) is 4.10. The average molecular weight is 347 g/mol. The quantitative estimate of drug-likeness (QED) is 0.706. The van der Waals surface area contributed by atoms with E-state index in [1.165, 1.54) is 11.1 Å². The lowest BCUT2D eigenvalue weighted by atomic mass is 9.74. The summed E-state index contributed by atoms with van der Waals surface area (Å²) in [7, 11) is 0. The van der Waals surface area contributed by atoms with Gasteiger partial charge in [-0.2, -0.15) is 0 Å². The van der Waals surface area contributed by atoms with Crippen molar-refractivity contribution in [1.29, 1.82) is 0 Å². The summed E-state index contributed by atoms with van der Waals surface area (Å²) in [5.41, 5.74) is 6.09. The molecule has 2 aliphatic rings. The van der Waals surface area contributed by atoms with Gasteiger partial charge in [-0.1, -0.05) is 56.3 Å². The van der Waals surface area contributed by atoms with E-state index >= 15 is 0 Å². The molecule has 0 amide bonds. The van der Waals surface area contributed by atoms with E-state index in [0.717, 1.165) is 23.2 Å². The van der Waals surface area contributed by atoms with Gasteiger partial charge in [0.2, 0.25) is 0 Å². The highest BCUT2D eigenvalue weighted by molar-refractivity contribution is 5.93. The molecule has 1 heterocycles. The molecule has 4 rings (SSSR count). The SMILES string of the molecule is Cc1ccc(C(=O)O)c2c1N[C@H](c1ccc(C(C)C)cc1)[C@H]1CC=C[C@@H]21. The van der Waals surface area contributed by atoms with Crippen LogP contribution in [-0.4, -0.2) is 11.1 Å². The van der Waals surface area contributed by atoms with Crippen molar-refractivity contribution in [3.63, 3.8) is 0 Å². The van der Waals surface area contributed by atoms with Gasteiger partial charge < -0.3 is 10.4 Å². The minimum absolute atomic E-state index is 0.159. The number of aryl methyl sites for hydroxylation is 1. The van der Waals surface area contributed by atoms with Gasteiger partial charge >= 0.3 is 5.97 Å². The number of carbonyl (C=O) groups is 1. The third-order valence-electron chi connectivity index (χ3n) is 5.92. The van der Waals surface area contributed by atoms with Crippen molar-refractivity contribution < 1.29 is 9.90 Å². The molecule has 0 unspecified atom stereocenters. The van der Waals surface area contributed by atoms with E-state index < -0.39 is 5.97 Å². The Balaban J connectivity index is 1.80. The number of fused-ring (bicyclic) bond motifs is 3. The molecular weight excluding hydrogens is 322 g/mol. The lowest BCUT2D eigenvalue weighted by Crippen LogP contribution is -2.31. The molecule has 3 heteroatoms. The number of hydrogen-bond donors (Lipinski definition) is 2. The number of aromatic carboxylic acids is 1. The Morgan fingerprint density at radius 2 is 1.88 bits per heavy atom. The summed E-state index contributed by atoms with van der Waals surface area (Å²) in [6.45, 7) is 6.46. The molecule has 26 heavy (non-hydrogen) atoms. The van der Waals surface area contributed by atoms with Gasteiger partial charge in [0.05, 0.1) is 11.6 Å². The number of benzene rings is 2. The van der Waals surface area contributed by atoms with Crippen LogP contribution in [0, 0.1) is 12.8 Å². The molecule has 0 spiro atoms. The lowest BCUT2D eigenvalue weighted by Gasteiger charge is -2.39. The molecule has 2 N–H and O–H groups in total. The van der Waals surface area contributed by atoms with Crippen LogP contribution in [0.5, 0.6) is 0 Å².